The summed E-state index contributed by atoms with van der Waals surface area (Å²) in [5, 5.41) is 38.8. The predicted molar refractivity (Wildman–Crippen MR) is 159 cm³/mol. The molecule has 2 aromatic rings. The molecule has 5 atom stereocenters. The van der Waals surface area contributed by atoms with E-state index in [4.69, 9.17) is 5.73 Å². The van der Waals surface area contributed by atoms with E-state index in [2.05, 4.69) is 31.2 Å². The third-order valence-corrected chi connectivity index (χ3v) is 6.72. The van der Waals surface area contributed by atoms with Crippen molar-refractivity contribution in [2.24, 2.45) is 17.6 Å². The van der Waals surface area contributed by atoms with Crippen molar-refractivity contribution in [3.63, 3.8) is 0 Å². The number of carbonyl (C=O) groups excluding carboxylic acids is 4. The zero-order chi connectivity index (χ0) is 33.0. The molecular formula is C29H43N7O8. The fourth-order valence-electron chi connectivity index (χ4n) is 4.28. The third-order valence-electron chi connectivity index (χ3n) is 6.72. The van der Waals surface area contributed by atoms with Crippen LogP contribution in [0.25, 0.3) is 0 Å². The fraction of sp³-hybridized carbons (Fsp3) is 0.517. The predicted octanol–water partition coefficient (Wildman–Crippen LogP) is -1.05. The molecule has 0 aliphatic heterocycles. The summed E-state index contributed by atoms with van der Waals surface area (Å²) in [6.45, 7) is 6.38. The van der Waals surface area contributed by atoms with Gasteiger partial charge < -0.3 is 47.3 Å². The van der Waals surface area contributed by atoms with Crippen molar-refractivity contribution < 1.29 is 39.3 Å². The molecule has 0 radical (unpaired) electrons. The number of aliphatic hydroxyl groups is 1. The van der Waals surface area contributed by atoms with Crippen molar-refractivity contribution in [3.8, 4) is 5.75 Å². The number of phenolic OH excluding ortho intramolecular Hbond substituents is 1. The number of amides is 4. The molecule has 1 heterocycles. The molecule has 0 unspecified atom stereocenters. The van der Waals surface area contributed by atoms with E-state index < -0.39 is 72.3 Å². The number of H-pyrrole nitrogens is 1. The molecule has 0 aliphatic carbocycles. The van der Waals surface area contributed by atoms with E-state index in [1.807, 2.05) is 13.8 Å². The van der Waals surface area contributed by atoms with Crippen LogP contribution in [0.3, 0.4) is 0 Å². The number of aromatic nitrogens is 2. The lowest BCUT2D eigenvalue weighted by molar-refractivity contribution is -0.142. The molecule has 4 amide bonds. The number of nitrogens with zero attached hydrogens (tertiary/aromatic N) is 1. The number of nitrogens with two attached hydrogens (primary N) is 1. The number of nitrogens with one attached hydrogen (secondary N) is 5. The largest absolute Gasteiger partial charge is 0.508 e. The van der Waals surface area contributed by atoms with Crippen LogP contribution in [0.2, 0.25) is 0 Å². The van der Waals surface area contributed by atoms with Crippen molar-refractivity contribution in [2.75, 3.05) is 6.61 Å². The molecule has 44 heavy (non-hydrogen) atoms. The average Bonchev–Trinajstić information content (AvgIpc) is 3.47. The second kappa shape index (κ2) is 17.0. The van der Waals surface area contributed by atoms with Crippen molar-refractivity contribution in [2.45, 2.75) is 77.2 Å². The molecule has 1 aromatic heterocycles. The van der Waals surface area contributed by atoms with Gasteiger partial charge in [-0.2, -0.15) is 0 Å². The summed E-state index contributed by atoms with van der Waals surface area (Å²) in [6.07, 6.45) is 2.95. The van der Waals surface area contributed by atoms with Gasteiger partial charge in [-0.15, -0.1) is 0 Å². The Balaban J connectivity index is 2.22. The highest BCUT2D eigenvalue weighted by molar-refractivity contribution is 5.95. The summed E-state index contributed by atoms with van der Waals surface area (Å²) in [6, 6.07) is -0.0717. The van der Waals surface area contributed by atoms with E-state index in [-0.39, 0.29) is 30.9 Å². The van der Waals surface area contributed by atoms with Gasteiger partial charge in [0.15, 0.2) is 0 Å². The summed E-state index contributed by atoms with van der Waals surface area (Å²) in [5.74, 6) is -4.67. The highest BCUT2D eigenvalue weighted by Gasteiger charge is 2.33. The van der Waals surface area contributed by atoms with E-state index in [0.29, 0.717) is 11.3 Å². The van der Waals surface area contributed by atoms with E-state index in [9.17, 15) is 39.3 Å². The topological polar surface area (TPSA) is 249 Å². The Kier molecular flexibility index (Phi) is 13.8. The van der Waals surface area contributed by atoms with E-state index >= 15 is 0 Å². The van der Waals surface area contributed by atoms with Gasteiger partial charge in [-0.1, -0.05) is 39.8 Å². The lowest BCUT2D eigenvalue weighted by atomic mass is 9.98. The monoisotopic (exact) mass is 617 g/mol. The van der Waals surface area contributed by atoms with Crippen LogP contribution in [-0.4, -0.2) is 91.7 Å². The molecule has 15 nitrogen and oxygen atoms in total. The smallest absolute Gasteiger partial charge is 0.326 e. The number of aromatic hydroxyl groups is 1. The van der Waals surface area contributed by atoms with Gasteiger partial charge in [0.05, 0.1) is 12.9 Å². The quantitative estimate of drug-likeness (QED) is 0.104. The average molecular weight is 618 g/mol. The Morgan fingerprint density at radius 3 is 1.95 bits per heavy atom. The van der Waals surface area contributed by atoms with Gasteiger partial charge in [-0.05, 0) is 36.0 Å². The summed E-state index contributed by atoms with van der Waals surface area (Å²) in [4.78, 5) is 71.1. The minimum absolute atomic E-state index is 0.00797. The number of rotatable bonds is 17. The van der Waals surface area contributed by atoms with Crippen molar-refractivity contribution >= 4 is 29.6 Å². The normalized spacial score (nSPS) is 14.6. The van der Waals surface area contributed by atoms with Crippen molar-refractivity contribution in [1.82, 2.24) is 31.2 Å². The first-order valence-corrected chi connectivity index (χ1v) is 14.3. The molecule has 0 fully saturated rings. The lowest BCUT2D eigenvalue weighted by Gasteiger charge is -2.28. The Hall–Kier alpha value is -4.50. The zero-order valence-corrected chi connectivity index (χ0v) is 25.2. The maximum absolute atomic E-state index is 13.5. The minimum atomic E-state index is -1.29. The van der Waals surface area contributed by atoms with Crippen LogP contribution in [0, 0.1) is 11.8 Å². The first-order valence-electron chi connectivity index (χ1n) is 14.3. The molecule has 242 valence electrons. The van der Waals surface area contributed by atoms with Gasteiger partial charge >= 0.3 is 5.97 Å². The van der Waals surface area contributed by atoms with Gasteiger partial charge in [0.2, 0.25) is 23.6 Å². The van der Waals surface area contributed by atoms with E-state index in [1.54, 1.807) is 26.0 Å². The van der Waals surface area contributed by atoms with Crippen LogP contribution in [0.5, 0.6) is 5.75 Å². The number of hydrogen-bond acceptors (Lipinski definition) is 9. The Morgan fingerprint density at radius 2 is 1.43 bits per heavy atom. The van der Waals surface area contributed by atoms with Gasteiger partial charge in [0.1, 0.15) is 36.0 Å². The molecule has 0 aliphatic rings. The van der Waals surface area contributed by atoms with Gasteiger partial charge in [0, 0.05) is 24.7 Å². The Bertz CT molecular complexity index is 1250. The van der Waals surface area contributed by atoms with Crippen LogP contribution in [0.15, 0.2) is 36.8 Å². The Morgan fingerprint density at radius 1 is 0.841 bits per heavy atom. The first-order chi connectivity index (χ1) is 20.7. The van der Waals surface area contributed by atoms with Gasteiger partial charge in [-0.3, -0.25) is 19.2 Å². The fourth-order valence-corrected chi connectivity index (χ4v) is 4.28. The lowest BCUT2D eigenvalue weighted by Crippen LogP contribution is -2.60. The highest BCUT2D eigenvalue weighted by Crippen LogP contribution is 2.13. The Labute approximate surface area is 255 Å². The van der Waals surface area contributed by atoms with E-state index in [1.165, 1.54) is 24.7 Å². The second-order valence-corrected chi connectivity index (χ2v) is 11.3. The molecule has 1 aromatic carbocycles. The summed E-state index contributed by atoms with van der Waals surface area (Å²) in [7, 11) is 0. The number of carboxylic acid groups (broad SMARTS) is 1. The van der Waals surface area contributed by atoms with Crippen LogP contribution >= 0.6 is 0 Å². The molecule has 0 spiro atoms. The summed E-state index contributed by atoms with van der Waals surface area (Å²) in [5.41, 5.74) is 6.70. The number of carbonyl (C=O) groups is 5. The van der Waals surface area contributed by atoms with Crippen LogP contribution in [-0.2, 0) is 36.8 Å². The summed E-state index contributed by atoms with van der Waals surface area (Å²) >= 11 is 0. The number of carboxylic acids is 1. The molecule has 2 rings (SSSR count). The first kappa shape index (κ1) is 35.7. The van der Waals surface area contributed by atoms with Gasteiger partial charge in [-0.25, -0.2) is 9.78 Å². The van der Waals surface area contributed by atoms with E-state index in [0.717, 1.165) is 0 Å². The number of imidazole rings is 1. The maximum atomic E-state index is 13.5. The molecule has 15 heteroatoms. The number of benzene rings is 1. The third kappa shape index (κ3) is 11.3. The van der Waals surface area contributed by atoms with Crippen molar-refractivity contribution in [3.05, 3.63) is 48.0 Å². The molecule has 10 N–H and O–H groups in total. The zero-order valence-electron chi connectivity index (χ0n) is 25.2. The van der Waals surface area contributed by atoms with Crippen molar-refractivity contribution in [1.29, 1.82) is 0 Å². The second-order valence-electron chi connectivity index (χ2n) is 11.3. The standard InChI is InChI=1S/C29H43N7O8/c1-15(2)9-21(26(40)35-23(29(43)44)11-18-12-31-14-32-18)34-28(42)24(16(3)4)36-27(41)22(33-25(39)20(30)13-37)10-17-5-7-19(38)8-6-17/h5-8,12,14-16,20-24,37-38H,9-11,13,30H2,1-4H3,(H,31,32)(H,33,39)(H,34,42)(H,35,40)(H,36,41)(H,43,44)/t20-,21-,22-,23-,24-/m0/s1. The summed E-state index contributed by atoms with van der Waals surface area (Å²) < 4.78 is 0. The van der Waals surface area contributed by atoms with Crippen LogP contribution in [0.4, 0.5) is 0 Å². The van der Waals surface area contributed by atoms with Crippen LogP contribution < -0.4 is 27.0 Å². The molecule has 0 saturated carbocycles. The number of aliphatic hydroxyl groups excluding tert-OH is 1. The number of hydrogen-bond donors (Lipinski definition) is 9. The molecule has 0 saturated heterocycles. The maximum Gasteiger partial charge on any atom is 0.326 e. The highest BCUT2D eigenvalue weighted by atomic mass is 16.4. The molecule has 0 bridgehead atoms. The minimum Gasteiger partial charge on any atom is -0.508 e. The number of aliphatic carboxylic acids is 1. The van der Waals surface area contributed by atoms with Crippen LogP contribution in [0.1, 0.15) is 45.4 Å². The molecular weight excluding hydrogens is 574 g/mol. The SMILES string of the molecule is CC(C)C[C@H](NC(=O)[C@@H](NC(=O)[C@H](Cc1ccc(O)cc1)NC(=O)[C@@H](N)CO)C(C)C)C(=O)N[C@@H](Cc1cnc[nH]1)C(=O)O. The number of aromatic amines is 1. The number of phenols is 1. The van der Waals surface area contributed by atoms with Gasteiger partial charge in [0.25, 0.3) is 0 Å².